The molecule has 100 valence electrons. The smallest absolute Gasteiger partial charge is 0.133 e. The van der Waals surface area contributed by atoms with Crippen molar-refractivity contribution >= 4 is 0 Å². The minimum absolute atomic E-state index is 0.0639. The van der Waals surface area contributed by atoms with Gasteiger partial charge in [-0.15, -0.1) is 0 Å². The summed E-state index contributed by atoms with van der Waals surface area (Å²) in [6.07, 6.45) is -0.968. The SMILES string of the molecule is C[C@@H](O)c1cc(F)ccc1Oc1cc(F)cc(F)c1. The van der Waals surface area contributed by atoms with Crippen molar-refractivity contribution in [2.24, 2.45) is 0 Å². The highest BCUT2D eigenvalue weighted by atomic mass is 19.1. The first-order valence-corrected chi connectivity index (χ1v) is 5.57. The number of rotatable bonds is 3. The topological polar surface area (TPSA) is 29.5 Å². The van der Waals surface area contributed by atoms with Gasteiger partial charge < -0.3 is 9.84 Å². The van der Waals surface area contributed by atoms with Crippen LogP contribution in [-0.2, 0) is 0 Å². The molecule has 0 amide bonds. The van der Waals surface area contributed by atoms with Gasteiger partial charge in [-0.2, -0.15) is 0 Å². The van der Waals surface area contributed by atoms with E-state index < -0.39 is 23.6 Å². The summed E-state index contributed by atoms with van der Waals surface area (Å²) >= 11 is 0. The molecule has 0 aliphatic heterocycles. The number of halogens is 3. The van der Waals surface area contributed by atoms with Gasteiger partial charge in [-0.3, -0.25) is 0 Å². The molecule has 2 rings (SSSR count). The van der Waals surface area contributed by atoms with Crippen LogP contribution in [0.25, 0.3) is 0 Å². The van der Waals surface area contributed by atoms with Crippen LogP contribution in [0.15, 0.2) is 36.4 Å². The maximum Gasteiger partial charge on any atom is 0.133 e. The standard InChI is InChI=1S/C14H11F3O2/c1-8(18)13-7-9(15)2-3-14(13)19-12-5-10(16)4-11(17)6-12/h2-8,18H,1H3/t8-/m1/s1. The summed E-state index contributed by atoms with van der Waals surface area (Å²) in [5.74, 6) is -2.02. The minimum Gasteiger partial charge on any atom is -0.457 e. The van der Waals surface area contributed by atoms with Crippen molar-refractivity contribution in [1.29, 1.82) is 0 Å². The molecular formula is C14H11F3O2. The summed E-state index contributed by atoms with van der Waals surface area (Å²) in [7, 11) is 0. The third-order valence-corrected chi connectivity index (χ3v) is 2.49. The first-order chi connectivity index (χ1) is 8.95. The van der Waals surface area contributed by atoms with E-state index in [1.807, 2.05) is 0 Å². The molecule has 2 aromatic rings. The number of hydrogen-bond acceptors (Lipinski definition) is 2. The number of benzene rings is 2. The fourth-order valence-corrected chi connectivity index (χ4v) is 1.65. The fourth-order valence-electron chi connectivity index (χ4n) is 1.65. The predicted octanol–water partition coefficient (Wildman–Crippen LogP) is 3.95. The maximum atomic E-state index is 13.1. The molecule has 0 spiro atoms. The molecule has 0 saturated heterocycles. The second kappa shape index (κ2) is 5.32. The largest absolute Gasteiger partial charge is 0.457 e. The van der Waals surface area contributed by atoms with Crippen LogP contribution < -0.4 is 4.74 Å². The Morgan fingerprint density at radius 1 is 0.947 bits per heavy atom. The van der Waals surface area contributed by atoms with E-state index in [1.165, 1.54) is 13.0 Å². The number of hydrogen-bond donors (Lipinski definition) is 1. The highest BCUT2D eigenvalue weighted by molar-refractivity contribution is 5.39. The average molecular weight is 268 g/mol. The van der Waals surface area contributed by atoms with E-state index in [4.69, 9.17) is 4.74 Å². The van der Waals surface area contributed by atoms with Gasteiger partial charge in [0.25, 0.3) is 0 Å². The molecule has 0 saturated carbocycles. The Hall–Kier alpha value is -2.01. The molecule has 2 aromatic carbocycles. The third-order valence-electron chi connectivity index (χ3n) is 2.49. The fraction of sp³-hybridized carbons (Fsp3) is 0.143. The normalized spacial score (nSPS) is 12.3. The Morgan fingerprint density at radius 2 is 1.58 bits per heavy atom. The Kier molecular flexibility index (Phi) is 3.76. The maximum absolute atomic E-state index is 13.1. The van der Waals surface area contributed by atoms with E-state index >= 15 is 0 Å². The molecule has 5 heteroatoms. The van der Waals surface area contributed by atoms with Crippen LogP contribution in [0.3, 0.4) is 0 Å². The van der Waals surface area contributed by atoms with E-state index in [1.54, 1.807) is 0 Å². The molecule has 1 N–H and O–H groups in total. The molecular weight excluding hydrogens is 257 g/mol. The second-order valence-corrected chi connectivity index (χ2v) is 4.07. The molecule has 19 heavy (non-hydrogen) atoms. The predicted molar refractivity (Wildman–Crippen MR) is 63.5 cm³/mol. The lowest BCUT2D eigenvalue weighted by Crippen LogP contribution is -1.97. The van der Waals surface area contributed by atoms with Crippen LogP contribution in [0.1, 0.15) is 18.6 Å². The molecule has 0 aliphatic rings. The molecule has 2 nitrogen and oxygen atoms in total. The van der Waals surface area contributed by atoms with E-state index in [2.05, 4.69) is 0 Å². The van der Waals surface area contributed by atoms with Crippen molar-refractivity contribution in [3.63, 3.8) is 0 Å². The quantitative estimate of drug-likeness (QED) is 0.913. The van der Waals surface area contributed by atoms with Crippen molar-refractivity contribution < 1.29 is 23.0 Å². The zero-order valence-corrected chi connectivity index (χ0v) is 10.0. The number of aliphatic hydroxyl groups is 1. The minimum atomic E-state index is -0.968. The zero-order chi connectivity index (χ0) is 14.0. The highest BCUT2D eigenvalue weighted by Gasteiger charge is 2.12. The van der Waals surface area contributed by atoms with Crippen LogP contribution in [0.2, 0.25) is 0 Å². The zero-order valence-electron chi connectivity index (χ0n) is 10.0. The molecule has 1 atom stereocenters. The van der Waals surface area contributed by atoms with Gasteiger partial charge in [0.15, 0.2) is 0 Å². The van der Waals surface area contributed by atoms with Crippen molar-refractivity contribution in [3.05, 3.63) is 59.4 Å². The highest BCUT2D eigenvalue weighted by Crippen LogP contribution is 2.30. The van der Waals surface area contributed by atoms with E-state index in [0.717, 1.165) is 24.3 Å². The van der Waals surface area contributed by atoms with Gasteiger partial charge in [0.05, 0.1) is 6.10 Å². The number of ether oxygens (including phenoxy) is 1. The van der Waals surface area contributed by atoms with Crippen LogP contribution >= 0.6 is 0 Å². The molecule has 0 heterocycles. The van der Waals surface area contributed by atoms with Crippen LogP contribution in [-0.4, -0.2) is 5.11 Å². The molecule has 0 aliphatic carbocycles. The summed E-state index contributed by atoms with van der Waals surface area (Å²) in [6, 6.07) is 6.25. The van der Waals surface area contributed by atoms with Gasteiger partial charge in [0.2, 0.25) is 0 Å². The lowest BCUT2D eigenvalue weighted by atomic mass is 10.1. The number of aliphatic hydroxyl groups excluding tert-OH is 1. The lowest BCUT2D eigenvalue weighted by molar-refractivity contribution is 0.195. The van der Waals surface area contributed by atoms with Crippen LogP contribution in [0, 0.1) is 17.5 Å². The molecule has 0 aromatic heterocycles. The monoisotopic (exact) mass is 268 g/mol. The van der Waals surface area contributed by atoms with Crippen molar-refractivity contribution in [1.82, 2.24) is 0 Å². The molecule has 0 fully saturated rings. The van der Waals surface area contributed by atoms with E-state index in [9.17, 15) is 18.3 Å². The van der Waals surface area contributed by atoms with E-state index in [0.29, 0.717) is 6.07 Å². The van der Waals surface area contributed by atoms with Gasteiger partial charge in [0, 0.05) is 23.8 Å². The van der Waals surface area contributed by atoms with Gasteiger partial charge in [-0.05, 0) is 25.1 Å². The van der Waals surface area contributed by atoms with Gasteiger partial charge in [0.1, 0.15) is 29.0 Å². The van der Waals surface area contributed by atoms with Crippen molar-refractivity contribution in [2.75, 3.05) is 0 Å². The summed E-state index contributed by atoms with van der Waals surface area (Å²) in [5, 5.41) is 9.52. The van der Waals surface area contributed by atoms with Crippen LogP contribution in [0.4, 0.5) is 13.2 Å². The summed E-state index contributed by atoms with van der Waals surface area (Å²) < 4.78 is 44.4. The Bertz CT molecular complexity index is 577. The first kappa shape index (κ1) is 13.4. The molecule has 0 radical (unpaired) electrons. The summed E-state index contributed by atoms with van der Waals surface area (Å²) in [6.45, 7) is 1.44. The lowest BCUT2D eigenvalue weighted by Gasteiger charge is -2.13. The van der Waals surface area contributed by atoms with Gasteiger partial charge in [-0.25, -0.2) is 13.2 Å². The second-order valence-electron chi connectivity index (χ2n) is 4.07. The summed E-state index contributed by atoms with van der Waals surface area (Å²) in [4.78, 5) is 0. The first-order valence-electron chi connectivity index (χ1n) is 5.57. The van der Waals surface area contributed by atoms with E-state index in [-0.39, 0.29) is 17.1 Å². The van der Waals surface area contributed by atoms with Crippen molar-refractivity contribution in [3.8, 4) is 11.5 Å². The van der Waals surface area contributed by atoms with Crippen molar-refractivity contribution in [2.45, 2.75) is 13.0 Å². The van der Waals surface area contributed by atoms with Gasteiger partial charge >= 0.3 is 0 Å². The molecule has 0 bridgehead atoms. The van der Waals surface area contributed by atoms with Gasteiger partial charge in [-0.1, -0.05) is 0 Å². The Balaban J connectivity index is 2.37. The van der Waals surface area contributed by atoms with Crippen LogP contribution in [0.5, 0.6) is 11.5 Å². The molecule has 0 unspecified atom stereocenters. The summed E-state index contributed by atoms with van der Waals surface area (Å²) in [5.41, 5.74) is 0.199. The third kappa shape index (κ3) is 3.26. The Labute approximate surface area is 108 Å². The Morgan fingerprint density at radius 3 is 2.16 bits per heavy atom. The average Bonchev–Trinajstić information content (AvgIpc) is 2.30.